The normalized spacial score (nSPS) is 15.6. The number of halogens is 1. The molecule has 1 heterocycles. The highest BCUT2D eigenvalue weighted by Gasteiger charge is 2.25. The number of rotatable bonds is 7. The lowest BCUT2D eigenvalue weighted by molar-refractivity contribution is -0.122. The summed E-state index contributed by atoms with van der Waals surface area (Å²) in [6.07, 6.45) is 5.15. The van der Waals surface area contributed by atoms with Crippen LogP contribution in [0.5, 0.6) is 5.75 Å². The number of hydrogen-bond acceptors (Lipinski definition) is 3. The van der Waals surface area contributed by atoms with Crippen LogP contribution >= 0.6 is 11.6 Å². The number of nitrogens with zero attached hydrogens (tertiary/aromatic N) is 2. The van der Waals surface area contributed by atoms with Crippen molar-refractivity contribution in [3.63, 3.8) is 0 Å². The molecular formula is C23H24ClN3O2. The molecule has 0 saturated carbocycles. The van der Waals surface area contributed by atoms with Crippen molar-refractivity contribution in [1.29, 1.82) is 0 Å². The number of amides is 1. The molecule has 150 valence electrons. The summed E-state index contributed by atoms with van der Waals surface area (Å²) < 4.78 is 7.69. The largest absolute Gasteiger partial charge is 0.491 e. The molecule has 0 bridgehead atoms. The van der Waals surface area contributed by atoms with Crippen molar-refractivity contribution in [1.82, 2.24) is 15.1 Å². The molecule has 0 spiro atoms. The SMILES string of the molecule is O=C(CCOc1ccccc1Cl)NC1CCCc2c1cnn2Cc1ccccc1. The average Bonchev–Trinajstić information content (AvgIpc) is 3.14. The maximum Gasteiger partial charge on any atom is 0.223 e. The smallest absolute Gasteiger partial charge is 0.223 e. The van der Waals surface area contributed by atoms with E-state index in [-0.39, 0.29) is 18.4 Å². The monoisotopic (exact) mass is 409 g/mol. The van der Waals surface area contributed by atoms with Gasteiger partial charge in [0, 0.05) is 11.3 Å². The van der Waals surface area contributed by atoms with Gasteiger partial charge < -0.3 is 10.1 Å². The number of hydrogen-bond donors (Lipinski definition) is 1. The average molecular weight is 410 g/mol. The molecule has 0 radical (unpaired) electrons. The number of carbonyl (C=O) groups is 1. The van der Waals surface area contributed by atoms with Crippen molar-refractivity contribution >= 4 is 17.5 Å². The highest BCUT2D eigenvalue weighted by molar-refractivity contribution is 6.32. The molecule has 1 atom stereocenters. The van der Waals surface area contributed by atoms with Gasteiger partial charge in [-0.1, -0.05) is 54.1 Å². The Balaban J connectivity index is 1.34. The number of benzene rings is 2. The molecule has 6 heteroatoms. The quantitative estimate of drug-likeness (QED) is 0.622. The van der Waals surface area contributed by atoms with Gasteiger partial charge in [-0.2, -0.15) is 5.10 Å². The van der Waals surface area contributed by atoms with Gasteiger partial charge in [0.15, 0.2) is 0 Å². The summed E-state index contributed by atoms with van der Waals surface area (Å²) in [5.41, 5.74) is 3.58. The van der Waals surface area contributed by atoms with Gasteiger partial charge in [-0.05, 0) is 37.0 Å². The van der Waals surface area contributed by atoms with Crippen LogP contribution in [0.3, 0.4) is 0 Å². The summed E-state index contributed by atoms with van der Waals surface area (Å²) in [5, 5.41) is 8.29. The van der Waals surface area contributed by atoms with E-state index >= 15 is 0 Å². The Morgan fingerprint density at radius 1 is 1.17 bits per heavy atom. The molecule has 0 aliphatic heterocycles. The molecule has 2 aromatic carbocycles. The first-order chi connectivity index (χ1) is 14.2. The number of fused-ring (bicyclic) bond motifs is 1. The number of para-hydroxylation sites is 1. The first kappa shape index (κ1) is 19.5. The van der Waals surface area contributed by atoms with E-state index in [9.17, 15) is 4.79 Å². The molecule has 1 aromatic heterocycles. The van der Waals surface area contributed by atoms with Gasteiger partial charge in [0.25, 0.3) is 0 Å². The molecule has 1 aliphatic rings. The molecule has 1 unspecified atom stereocenters. The van der Waals surface area contributed by atoms with Crippen LogP contribution in [-0.4, -0.2) is 22.3 Å². The lowest BCUT2D eigenvalue weighted by Gasteiger charge is -2.24. The molecule has 0 fully saturated rings. The van der Waals surface area contributed by atoms with Gasteiger partial charge in [-0.15, -0.1) is 0 Å². The summed E-state index contributed by atoms with van der Waals surface area (Å²) in [4.78, 5) is 12.4. The zero-order valence-corrected chi connectivity index (χ0v) is 16.9. The molecule has 4 rings (SSSR count). The third-order valence-electron chi connectivity index (χ3n) is 5.20. The Hall–Kier alpha value is -2.79. The lowest BCUT2D eigenvalue weighted by atomic mass is 9.92. The van der Waals surface area contributed by atoms with Gasteiger partial charge in [-0.3, -0.25) is 9.48 Å². The summed E-state index contributed by atoms with van der Waals surface area (Å²) >= 11 is 6.08. The van der Waals surface area contributed by atoms with Gasteiger partial charge in [0.2, 0.25) is 5.91 Å². The zero-order chi connectivity index (χ0) is 20.1. The van der Waals surface area contributed by atoms with Crippen LogP contribution in [0.1, 0.15) is 42.1 Å². The molecular weight excluding hydrogens is 386 g/mol. The van der Waals surface area contributed by atoms with Gasteiger partial charge in [-0.25, -0.2) is 0 Å². The third kappa shape index (κ3) is 4.80. The van der Waals surface area contributed by atoms with Crippen molar-refractivity contribution in [2.75, 3.05) is 6.61 Å². The third-order valence-corrected chi connectivity index (χ3v) is 5.51. The fourth-order valence-corrected chi connectivity index (χ4v) is 3.93. The number of nitrogens with one attached hydrogen (secondary N) is 1. The van der Waals surface area contributed by atoms with Gasteiger partial charge in [0.1, 0.15) is 5.75 Å². The van der Waals surface area contributed by atoms with Crippen LogP contribution in [-0.2, 0) is 17.8 Å². The molecule has 1 N–H and O–H groups in total. The van der Waals surface area contributed by atoms with E-state index in [1.165, 1.54) is 11.3 Å². The van der Waals surface area contributed by atoms with Crippen molar-refractivity contribution < 1.29 is 9.53 Å². The van der Waals surface area contributed by atoms with E-state index in [1.807, 2.05) is 36.5 Å². The van der Waals surface area contributed by atoms with E-state index in [0.29, 0.717) is 17.4 Å². The maximum absolute atomic E-state index is 12.4. The molecule has 3 aromatic rings. The van der Waals surface area contributed by atoms with Crippen LogP contribution in [0.2, 0.25) is 5.02 Å². The maximum atomic E-state index is 12.4. The second kappa shape index (κ2) is 9.14. The molecule has 29 heavy (non-hydrogen) atoms. The van der Waals surface area contributed by atoms with Crippen LogP contribution in [0.25, 0.3) is 0 Å². The fraction of sp³-hybridized carbons (Fsp3) is 0.304. The first-order valence-corrected chi connectivity index (χ1v) is 10.3. The minimum atomic E-state index is -0.0225. The van der Waals surface area contributed by atoms with Crippen LogP contribution in [0.15, 0.2) is 60.8 Å². The molecule has 5 nitrogen and oxygen atoms in total. The molecule has 0 saturated heterocycles. The number of ether oxygens (including phenoxy) is 1. The van der Waals surface area contributed by atoms with Gasteiger partial charge in [0.05, 0.1) is 36.8 Å². The Labute approximate surface area is 175 Å². The van der Waals surface area contributed by atoms with E-state index in [1.54, 1.807) is 12.1 Å². The Morgan fingerprint density at radius 2 is 1.97 bits per heavy atom. The highest BCUT2D eigenvalue weighted by Crippen LogP contribution is 2.30. The Morgan fingerprint density at radius 3 is 2.79 bits per heavy atom. The van der Waals surface area contributed by atoms with Crippen molar-refractivity contribution in [2.24, 2.45) is 0 Å². The van der Waals surface area contributed by atoms with Crippen molar-refractivity contribution in [3.05, 3.63) is 82.6 Å². The second-order valence-corrected chi connectivity index (χ2v) is 7.64. The number of carbonyl (C=O) groups excluding carboxylic acids is 1. The van der Waals surface area contributed by atoms with E-state index in [2.05, 4.69) is 27.2 Å². The summed E-state index contributed by atoms with van der Waals surface area (Å²) in [7, 11) is 0. The minimum absolute atomic E-state index is 0.0103. The van der Waals surface area contributed by atoms with Crippen LogP contribution < -0.4 is 10.1 Å². The first-order valence-electron chi connectivity index (χ1n) is 9.96. The molecule has 1 aliphatic carbocycles. The Bertz CT molecular complexity index is 971. The summed E-state index contributed by atoms with van der Waals surface area (Å²) in [6.45, 7) is 1.05. The van der Waals surface area contributed by atoms with Crippen LogP contribution in [0, 0.1) is 0 Å². The fourth-order valence-electron chi connectivity index (χ4n) is 3.74. The highest BCUT2D eigenvalue weighted by atomic mass is 35.5. The minimum Gasteiger partial charge on any atom is -0.491 e. The van der Waals surface area contributed by atoms with E-state index in [0.717, 1.165) is 31.4 Å². The predicted molar refractivity (Wildman–Crippen MR) is 113 cm³/mol. The van der Waals surface area contributed by atoms with Crippen LogP contribution in [0.4, 0.5) is 0 Å². The van der Waals surface area contributed by atoms with Gasteiger partial charge >= 0.3 is 0 Å². The topological polar surface area (TPSA) is 56.1 Å². The summed E-state index contributed by atoms with van der Waals surface area (Å²) in [6, 6.07) is 17.6. The zero-order valence-electron chi connectivity index (χ0n) is 16.2. The second-order valence-electron chi connectivity index (χ2n) is 7.23. The van der Waals surface area contributed by atoms with E-state index < -0.39 is 0 Å². The standard InChI is InChI=1S/C23H24ClN3O2/c24-19-9-4-5-12-22(19)29-14-13-23(28)26-20-10-6-11-21-18(20)15-25-27(21)16-17-7-2-1-3-8-17/h1-5,7-9,12,15,20H,6,10-11,13-14,16H2,(H,26,28). The predicted octanol–water partition coefficient (Wildman–Crippen LogP) is 4.55. The van der Waals surface area contributed by atoms with Crippen molar-refractivity contribution in [3.8, 4) is 5.75 Å². The lowest BCUT2D eigenvalue weighted by Crippen LogP contribution is -2.31. The molecule has 1 amide bonds. The Kier molecular flexibility index (Phi) is 6.15. The van der Waals surface area contributed by atoms with E-state index in [4.69, 9.17) is 16.3 Å². The number of aromatic nitrogens is 2. The summed E-state index contributed by atoms with van der Waals surface area (Å²) in [5.74, 6) is 0.579. The van der Waals surface area contributed by atoms with Crippen molar-refractivity contribution in [2.45, 2.75) is 38.3 Å².